The lowest BCUT2D eigenvalue weighted by Gasteiger charge is -2.30. The van der Waals surface area contributed by atoms with Gasteiger partial charge in [0, 0.05) is 37.1 Å². The number of methoxy groups -OCH3 is 1. The van der Waals surface area contributed by atoms with Crippen LogP contribution in [-0.4, -0.2) is 38.3 Å². The van der Waals surface area contributed by atoms with Gasteiger partial charge < -0.3 is 24.3 Å². The number of halogens is 1. The monoisotopic (exact) mass is 646 g/mol. The highest BCUT2D eigenvalue weighted by atomic mass is 35.5. The van der Waals surface area contributed by atoms with E-state index in [9.17, 15) is 14.7 Å². The lowest BCUT2D eigenvalue weighted by molar-refractivity contribution is -0.143. The van der Waals surface area contributed by atoms with Gasteiger partial charge in [-0.15, -0.1) is 0 Å². The maximum Gasteiger partial charge on any atom is 0.323 e. The van der Waals surface area contributed by atoms with Crippen LogP contribution in [0.25, 0.3) is 22.0 Å². The summed E-state index contributed by atoms with van der Waals surface area (Å²) >= 11 is 6.34. The minimum Gasteiger partial charge on any atom is -0.468 e. The number of aryl methyl sites for hydroxylation is 2. The summed E-state index contributed by atoms with van der Waals surface area (Å²) in [6, 6.07) is 31.5. The molecular formula is C38H35ClN4O4. The lowest BCUT2D eigenvalue weighted by atomic mass is 9.82. The van der Waals surface area contributed by atoms with Gasteiger partial charge in [0.25, 0.3) is 5.56 Å². The van der Waals surface area contributed by atoms with Crippen LogP contribution in [-0.2, 0) is 42.2 Å². The standard InChI is InChI=1S/C38H35ClN4O4/c1-42-24-40-23-35(42)38(46,28-14-12-26(13-15-28)22-41-33(37(45)47-3)18-25-8-5-4-6-9-25)29-16-17-34-32(20-29)31(21-36(44)43(34)2)27-10-7-11-30(39)19-27/h4-17,19-21,23-24,33,41,46H,18,22H2,1-3H3/t33-,38?/m0/s1. The summed E-state index contributed by atoms with van der Waals surface area (Å²) in [7, 11) is 4.96. The Kier molecular flexibility index (Phi) is 9.09. The summed E-state index contributed by atoms with van der Waals surface area (Å²) in [6.07, 6.45) is 3.81. The molecule has 0 aliphatic carbocycles. The number of fused-ring (bicyclic) bond motifs is 1. The molecule has 0 radical (unpaired) electrons. The second-order valence-electron chi connectivity index (χ2n) is 11.6. The molecule has 2 heterocycles. The van der Waals surface area contributed by atoms with E-state index in [2.05, 4.69) is 10.3 Å². The van der Waals surface area contributed by atoms with E-state index in [1.165, 1.54) is 7.11 Å². The summed E-state index contributed by atoms with van der Waals surface area (Å²) in [6.45, 7) is 0.421. The van der Waals surface area contributed by atoms with Crippen LogP contribution in [0.2, 0.25) is 5.02 Å². The largest absolute Gasteiger partial charge is 0.468 e. The summed E-state index contributed by atoms with van der Waals surface area (Å²) in [4.78, 5) is 29.8. The van der Waals surface area contributed by atoms with Gasteiger partial charge in [-0.05, 0) is 64.1 Å². The predicted molar refractivity (Wildman–Crippen MR) is 184 cm³/mol. The molecule has 0 aliphatic heterocycles. The summed E-state index contributed by atoms with van der Waals surface area (Å²) in [5, 5.41) is 17.4. The summed E-state index contributed by atoms with van der Waals surface area (Å²) in [5.41, 5.74) is 4.28. The van der Waals surface area contributed by atoms with Gasteiger partial charge in [-0.1, -0.05) is 84.4 Å². The molecule has 0 saturated carbocycles. The smallest absolute Gasteiger partial charge is 0.323 e. The van der Waals surface area contributed by atoms with E-state index in [1.807, 2.05) is 98.0 Å². The lowest BCUT2D eigenvalue weighted by Crippen LogP contribution is -2.39. The number of carbonyl (C=O) groups is 1. The van der Waals surface area contributed by atoms with Crippen LogP contribution in [0.4, 0.5) is 0 Å². The van der Waals surface area contributed by atoms with Gasteiger partial charge in [0.05, 0.1) is 30.8 Å². The molecule has 0 fully saturated rings. The Balaban J connectivity index is 1.38. The average Bonchev–Trinajstić information content (AvgIpc) is 3.54. The number of pyridine rings is 1. The van der Waals surface area contributed by atoms with Crippen molar-refractivity contribution in [2.24, 2.45) is 14.1 Å². The first-order chi connectivity index (χ1) is 22.7. The van der Waals surface area contributed by atoms with E-state index in [1.54, 1.807) is 40.8 Å². The van der Waals surface area contributed by atoms with E-state index in [-0.39, 0.29) is 11.5 Å². The van der Waals surface area contributed by atoms with Crippen LogP contribution in [0.1, 0.15) is 27.9 Å². The molecule has 0 aliphatic rings. The average molecular weight is 647 g/mol. The molecule has 6 rings (SSSR count). The van der Waals surface area contributed by atoms with Gasteiger partial charge in [-0.25, -0.2) is 4.98 Å². The van der Waals surface area contributed by atoms with Gasteiger partial charge in [-0.3, -0.25) is 9.59 Å². The van der Waals surface area contributed by atoms with Crippen LogP contribution in [0.15, 0.2) is 120 Å². The van der Waals surface area contributed by atoms with Crippen molar-refractivity contribution in [2.75, 3.05) is 7.11 Å². The molecule has 0 spiro atoms. The molecule has 0 bridgehead atoms. The first kappa shape index (κ1) is 31.9. The zero-order chi connectivity index (χ0) is 33.1. The predicted octanol–water partition coefficient (Wildman–Crippen LogP) is 5.75. The molecule has 2 aromatic heterocycles. The molecule has 1 unspecified atom stereocenters. The van der Waals surface area contributed by atoms with Gasteiger partial charge in [0.2, 0.25) is 0 Å². The second kappa shape index (κ2) is 13.4. The minimum atomic E-state index is -1.59. The number of carbonyl (C=O) groups excluding carboxylic acids is 1. The van der Waals surface area contributed by atoms with Crippen molar-refractivity contribution in [3.63, 3.8) is 0 Å². The van der Waals surface area contributed by atoms with Gasteiger partial charge >= 0.3 is 5.97 Å². The molecule has 6 aromatic rings. The molecule has 0 saturated heterocycles. The van der Waals surface area contributed by atoms with Crippen LogP contribution < -0.4 is 10.9 Å². The normalized spacial score (nSPS) is 13.3. The number of aliphatic hydroxyl groups is 1. The quantitative estimate of drug-likeness (QED) is 0.184. The number of nitrogens with zero attached hydrogens (tertiary/aromatic N) is 3. The zero-order valence-electron chi connectivity index (χ0n) is 26.4. The van der Waals surface area contributed by atoms with Crippen molar-refractivity contribution in [1.82, 2.24) is 19.4 Å². The topological polar surface area (TPSA) is 98.4 Å². The highest BCUT2D eigenvalue weighted by Crippen LogP contribution is 2.39. The van der Waals surface area contributed by atoms with Crippen molar-refractivity contribution in [2.45, 2.75) is 24.6 Å². The fourth-order valence-corrected chi connectivity index (χ4v) is 6.28. The fraction of sp³-hybridized carbons (Fsp3) is 0.184. The SMILES string of the molecule is COC(=O)[C@H](Cc1ccccc1)NCc1ccc(C(O)(c2ccc3c(c2)c(-c2cccc(Cl)c2)cc(=O)n3C)c2cncn2C)cc1. The van der Waals surface area contributed by atoms with Gasteiger partial charge in [0.1, 0.15) is 6.04 Å². The number of benzene rings is 4. The van der Waals surface area contributed by atoms with Crippen molar-refractivity contribution in [3.05, 3.63) is 159 Å². The first-order valence-electron chi connectivity index (χ1n) is 15.2. The molecule has 2 N–H and O–H groups in total. The summed E-state index contributed by atoms with van der Waals surface area (Å²) < 4.78 is 8.45. The highest BCUT2D eigenvalue weighted by molar-refractivity contribution is 6.30. The Bertz CT molecular complexity index is 2110. The Morgan fingerprint density at radius 2 is 1.68 bits per heavy atom. The number of esters is 1. The van der Waals surface area contributed by atoms with Crippen molar-refractivity contribution < 1.29 is 14.6 Å². The van der Waals surface area contributed by atoms with Crippen LogP contribution >= 0.6 is 11.6 Å². The highest BCUT2D eigenvalue weighted by Gasteiger charge is 2.37. The van der Waals surface area contributed by atoms with E-state index in [4.69, 9.17) is 16.3 Å². The Morgan fingerprint density at radius 3 is 2.36 bits per heavy atom. The maximum absolute atomic E-state index is 13.0. The minimum absolute atomic E-state index is 0.149. The zero-order valence-corrected chi connectivity index (χ0v) is 27.1. The molecule has 4 aromatic carbocycles. The molecular weight excluding hydrogens is 612 g/mol. The number of rotatable bonds is 10. The fourth-order valence-electron chi connectivity index (χ4n) is 6.08. The van der Waals surface area contributed by atoms with Crippen molar-refractivity contribution in [1.29, 1.82) is 0 Å². The Hall–Kier alpha value is -5.02. The van der Waals surface area contributed by atoms with Crippen LogP contribution in [0.3, 0.4) is 0 Å². The number of imidazole rings is 1. The van der Waals surface area contributed by atoms with E-state index in [0.29, 0.717) is 34.8 Å². The third-order valence-corrected chi connectivity index (χ3v) is 8.91. The van der Waals surface area contributed by atoms with Crippen LogP contribution in [0.5, 0.6) is 0 Å². The second-order valence-corrected chi connectivity index (χ2v) is 12.1. The van der Waals surface area contributed by atoms with Crippen LogP contribution in [0, 0.1) is 0 Å². The first-order valence-corrected chi connectivity index (χ1v) is 15.6. The number of nitrogens with one attached hydrogen (secondary N) is 1. The Morgan fingerprint density at radius 1 is 0.936 bits per heavy atom. The molecule has 2 atom stereocenters. The van der Waals surface area contributed by atoms with Gasteiger partial charge in [-0.2, -0.15) is 0 Å². The molecule has 0 amide bonds. The number of hydrogen-bond donors (Lipinski definition) is 2. The van der Waals surface area contributed by atoms with E-state index >= 15 is 0 Å². The number of aromatic nitrogens is 3. The third-order valence-electron chi connectivity index (χ3n) is 8.68. The van der Waals surface area contributed by atoms with Crippen molar-refractivity contribution >= 4 is 28.5 Å². The Labute approximate surface area is 277 Å². The molecule has 238 valence electrons. The van der Waals surface area contributed by atoms with E-state index < -0.39 is 11.6 Å². The maximum atomic E-state index is 13.0. The summed E-state index contributed by atoms with van der Waals surface area (Å²) in [5.74, 6) is -0.331. The van der Waals surface area contributed by atoms with E-state index in [0.717, 1.165) is 33.2 Å². The molecule has 47 heavy (non-hydrogen) atoms. The number of hydrogen-bond acceptors (Lipinski definition) is 6. The van der Waals surface area contributed by atoms with Crippen molar-refractivity contribution in [3.8, 4) is 11.1 Å². The molecule has 8 nitrogen and oxygen atoms in total. The third kappa shape index (κ3) is 6.36. The molecule has 9 heteroatoms. The van der Waals surface area contributed by atoms with Gasteiger partial charge in [0.15, 0.2) is 5.60 Å². The number of ether oxygens (including phenoxy) is 1.